The first-order valence-electron chi connectivity index (χ1n) is 6.19. The molecule has 0 fully saturated rings. The first-order valence-corrected chi connectivity index (χ1v) is 6.19. The van der Waals surface area contributed by atoms with Gasteiger partial charge in [0.15, 0.2) is 0 Å². The third-order valence-electron chi connectivity index (χ3n) is 2.67. The topological polar surface area (TPSA) is 39.1 Å². The molecule has 0 aromatic carbocycles. The highest BCUT2D eigenvalue weighted by atomic mass is 16.5. The summed E-state index contributed by atoms with van der Waals surface area (Å²) >= 11 is 0. The maximum atomic E-state index is 5.79. The van der Waals surface area contributed by atoms with Gasteiger partial charge in [-0.05, 0) is 46.2 Å². The van der Waals surface area contributed by atoms with E-state index >= 15 is 0 Å². The molecule has 1 atom stereocenters. The fraction of sp³-hybridized carbons (Fsp3) is 0.769. The van der Waals surface area contributed by atoms with Crippen molar-refractivity contribution in [1.82, 2.24) is 15.1 Å². The van der Waals surface area contributed by atoms with Crippen molar-refractivity contribution in [1.29, 1.82) is 0 Å². The van der Waals surface area contributed by atoms with E-state index in [2.05, 4.69) is 37.4 Å². The van der Waals surface area contributed by atoms with Gasteiger partial charge < -0.3 is 10.1 Å². The van der Waals surface area contributed by atoms with Gasteiger partial charge in [-0.15, -0.1) is 0 Å². The first kappa shape index (κ1) is 14.2. The molecule has 4 nitrogen and oxygen atoms in total. The zero-order valence-corrected chi connectivity index (χ0v) is 11.7. The van der Waals surface area contributed by atoms with Crippen molar-refractivity contribution in [3.8, 4) is 0 Å². The van der Waals surface area contributed by atoms with Gasteiger partial charge in [-0.25, -0.2) is 0 Å². The molecule has 0 amide bonds. The molecule has 0 radical (unpaired) electrons. The standard InChI is InChI=1S/C13H25N3O/c1-13(2,3)17-10-12(14-4)7-6-11-8-15-16(5)9-11/h8-9,12,14H,6-7,10H2,1-5H3. The number of aryl methyl sites for hydroxylation is 2. The van der Waals surface area contributed by atoms with E-state index in [0.717, 1.165) is 19.4 Å². The minimum absolute atomic E-state index is 0.0661. The van der Waals surface area contributed by atoms with Crippen LogP contribution in [-0.2, 0) is 18.2 Å². The van der Waals surface area contributed by atoms with E-state index in [-0.39, 0.29) is 5.60 Å². The van der Waals surface area contributed by atoms with Crippen molar-refractivity contribution in [3.05, 3.63) is 18.0 Å². The molecule has 1 aromatic rings. The second-order valence-electron chi connectivity index (χ2n) is 5.47. The van der Waals surface area contributed by atoms with E-state index < -0.39 is 0 Å². The lowest BCUT2D eigenvalue weighted by atomic mass is 10.1. The van der Waals surface area contributed by atoms with E-state index in [1.54, 1.807) is 0 Å². The summed E-state index contributed by atoms with van der Waals surface area (Å²) in [6, 6.07) is 0.398. The van der Waals surface area contributed by atoms with Crippen LogP contribution in [0.15, 0.2) is 12.4 Å². The van der Waals surface area contributed by atoms with Crippen LogP contribution in [0.4, 0.5) is 0 Å². The fourth-order valence-corrected chi connectivity index (χ4v) is 1.60. The van der Waals surface area contributed by atoms with Crippen molar-refractivity contribution in [3.63, 3.8) is 0 Å². The van der Waals surface area contributed by atoms with Crippen molar-refractivity contribution in [2.75, 3.05) is 13.7 Å². The predicted octanol–water partition coefficient (Wildman–Crippen LogP) is 1.76. The van der Waals surface area contributed by atoms with Crippen molar-refractivity contribution in [2.45, 2.75) is 45.3 Å². The number of rotatable bonds is 6. The molecule has 0 saturated heterocycles. The van der Waals surface area contributed by atoms with Crippen LogP contribution >= 0.6 is 0 Å². The van der Waals surface area contributed by atoms with Crippen molar-refractivity contribution >= 4 is 0 Å². The second-order valence-corrected chi connectivity index (χ2v) is 5.47. The average molecular weight is 239 g/mol. The van der Waals surface area contributed by atoms with E-state index in [9.17, 15) is 0 Å². The number of ether oxygens (including phenoxy) is 1. The minimum Gasteiger partial charge on any atom is -0.374 e. The second kappa shape index (κ2) is 6.17. The Morgan fingerprint density at radius 2 is 2.18 bits per heavy atom. The Morgan fingerprint density at radius 1 is 1.47 bits per heavy atom. The lowest BCUT2D eigenvalue weighted by Gasteiger charge is -2.24. The summed E-state index contributed by atoms with van der Waals surface area (Å²) in [6.45, 7) is 7.00. The normalized spacial score (nSPS) is 13.9. The van der Waals surface area contributed by atoms with Crippen LogP contribution in [0.3, 0.4) is 0 Å². The quantitative estimate of drug-likeness (QED) is 0.822. The number of likely N-dealkylation sites (N-methyl/N-ethyl adjacent to an activating group) is 1. The van der Waals surface area contributed by atoms with Crippen molar-refractivity contribution in [2.24, 2.45) is 7.05 Å². The van der Waals surface area contributed by atoms with Gasteiger partial charge in [0.05, 0.1) is 18.4 Å². The van der Waals surface area contributed by atoms with Crippen LogP contribution in [0.2, 0.25) is 0 Å². The van der Waals surface area contributed by atoms with Gasteiger partial charge in [-0.2, -0.15) is 5.10 Å². The van der Waals surface area contributed by atoms with Gasteiger partial charge in [0.25, 0.3) is 0 Å². The molecule has 1 unspecified atom stereocenters. The molecule has 1 N–H and O–H groups in total. The molecular weight excluding hydrogens is 214 g/mol. The molecule has 0 bridgehead atoms. The Hall–Kier alpha value is -0.870. The largest absolute Gasteiger partial charge is 0.374 e. The van der Waals surface area contributed by atoms with Gasteiger partial charge in [-0.1, -0.05) is 0 Å². The number of hydrogen-bond acceptors (Lipinski definition) is 3. The fourth-order valence-electron chi connectivity index (χ4n) is 1.60. The third kappa shape index (κ3) is 5.84. The molecule has 0 aliphatic heterocycles. The SMILES string of the molecule is CNC(CCc1cnn(C)c1)COC(C)(C)C. The predicted molar refractivity (Wildman–Crippen MR) is 70.1 cm³/mol. The molecule has 0 spiro atoms. The molecular formula is C13H25N3O. The van der Waals surface area contributed by atoms with Crippen LogP contribution in [-0.4, -0.2) is 35.1 Å². The lowest BCUT2D eigenvalue weighted by molar-refractivity contribution is -0.0144. The van der Waals surface area contributed by atoms with Gasteiger partial charge >= 0.3 is 0 Å². The number of aromatic nitrogens is 2. The Balaban J connectivity index is 2.32. The minimum atomic E-state index is -0.0661. The van der Waals surface area contributed by atoms with E-state index in [4.69, 9.17) is 4.74 Å². The smallest absolute Gasteiger partial charge is 0.0626 e. The van der Waals surface area contributed by atoms with Crippen molar-refractivity contribution < 1.29 is 4.74 Å². The highest BCUT2D eigenvalue weighted by Crippen LogP contribution is 2.10. The molecule has 17 heavy (non-hydrogen) atoms. The Labute approximate surface area is 104 Å². The molecule has 1 aromatic heterocycles. The summed E-state index contributed by atoms with van der Waals surface area (Å²) in [5.41, 5.74) is 1.21. The van der Waals surface area contributed by atoms with E-state index in [0.29, 0.717) is 6.04 Å². The summed E-state index contributed by atoms with van der Waals surface area (Å²) in [7, 11) is 3.93. The Kier molecular flexibility index (Phi) is 5.15. The highest BCUT2D eigenvalue weighted by molar-refractivity contribution is 5.03. The summed E-state index contributed by atoms with van der Waals surface area (Å²) in [5, 5.41) is 7.47. The number of nitrogens with zero attached hydrogens (tertiary/aromatic N) is 2. The zero-order chi connectivity index (χ0) is 12.9. The first-order chi connectivity index (χ1) is 7.90. The average Bonchev–Trinajstić information content (AvgIpc) is 2.63. The Bertz CT molecular complexity index is 328. The van der Waals surface area contributed by atoms with Gasteiger partial charge in [-0.3, -0.25) is 4.68 Å². The highest BCUT2D eigenvalue weighted by Gasteiger charge is 2.14. The third-order valence-corrected chi connectivity index (χ3v) is 2.67. The summed E-state index contributed by atoms with van der Waals surface area (Å²) < 4.78 is 7.64. The molecule has 4 heteroatoms. The maximum Gasteiger partial charge on any atom is 0.0626 e. The van der Waals surface area contributed by atoms with Crippen LogP contribution < -0.4 is 5.32 Å². The van der Waals surface area contributed by atoms with Crippen LogP contribution in [0.1, 0.15) is 32.8 Å². The lowest BCUT2D eigenvalue weighted by Crippen LogP contribution is -2.34. The molecule has 0 aliphatic rings. The van der Waals surface area contributed by atoms with Gasteiger partial charge in [0.1, 0.15) is 0 Å². The van der Waals surface area contributed by atoms with Crippen LogP contribution in [0.5, 0.6) is 0 Å². The van der Waals surface area contributed by atoms with Gasteiger partial charge in [0.2, 0.25) is 0 Å². The number of hydrogen-bond donors (Lipinski definition) is 1. The van der Waals surface area contributed by atoms with E-state index in [1.165, 1.54) is 5.56 Å². The summed E-state index contributed by atoms with van der Waals surface area (Å²) in [4.78, 5) is 0. The van der Waals surface area contributed by atoms with Crippen LogP contribution in [0, 0.1) is 0 Å². The van der Waals surface area contributed by atoms with Crippen LogP contribution in [0.25, 0.3) is 0 Å². The molecule has 1 heterocycles. The molecule has 0 aliphatic carbocycles. The monoisotopic (exact) mass is 239 g/mol. The molecule has 98 valence electrons. The summed E-state index contributed by atoms with van der Waals surface area (Å²) in [5.74, 6) is 0. The maximum absolute atomic E-state index is 5.79. The molecule has 1 rings (SSSR count). The van der Waals surface area contributed by atoms with E-state index in [1.807, 2.05) is 25.0 Å². The Morgan fingerprint density at radius 3 is 2.65 bits per heavy atom. The summed E-state index contributed by atoms with van der Waals surface area (Å²) in [6.07, 6.45) is 6.10. The van der Waals surface area contributed by atoms with Gasteiger partial charge in [0, 0.05) is 19.3 Å². The molecule has 0 saturated carbocycles. The number of nitrogens with one attached hydrogen (secondary N) is 1. The zero-order valence-electron chi connectivity index (χ0n) is 11.7.